The first-order valence-corrected chi connectivity index (χ1v) is 12.7. The second-order valence-corrected chi connectivity index (χ2v) is 10.5. The summed E-state index contributed by atoms with van der Waals surface area (Å²) in [5.74, 6) is -0.593. The van der Waals surface area contributed by atoms with Gasteiger partial charge in [0.15, 0.2) is 10.7 Å². The number of anilines is 1. The van der Waals surface area contributed by atoms with Crippen LogP contribution in [0.1, 0.15) is 41.0 Å². The summed E-state index contributed by atoms with van der Waals surface area (Å²) in [6.07, 6.45) is 4.53. The Morgan fingerprint density at radius 1 is 1.14 bits per heavy atom. The number of carbonyl (C=O) groups excluding carboxylic acids is 1. The van der Waals surface area contributed by atoms with Gasteiger partial charge in [-0.1, -0.05) is 41.1 Å². The van der Waals surface area contributed by atoms with Crippen LogP contribution in [0, 0.1) is 31.1 Å². The molecule has 2 aromatic carbocycles. The van der Waals surface area contributed by atoms with Gasteiger partial charge < -0.3 is 9.84 Å². The summed E-state index contributed by atoms with van der Waals surface area (Å²) < 4.78 is 33.8. The molecule has 0 spiro atoms. The Kier molecular flexibility index (Phi) is 7.15. The van der Waals surface area contributed by atoms with Crippen molar-refractivity contribution in [2.75, 3.05) is 18.4 Å². The Labute approximate surface area is 204 Å². The van der Waals surface area contributed by atoms with Crippen LogP contribution >= 0.6 is 0 Å². The second-order valence-electron chi connectivity index (χ2n) is 8.59. The van der Waals surface area contributed by atoms with Gasteiger partial charge in [0.25, 0.3) is 0 Å². The molecule has 8 nitrogen and oxygen atoms in total. The van der Waals surface area contributed by atoms with Crippen LogP contribution in [0.3, 0.4) is 0 Å². The number of sulfonamides is 1. The molecule has 0 unspecified atom stereocenters. The molecular weight excluding hydrogens is 464 g/mol. The number of amides is 1. The molecule has 1 aliphatic heterocycles. The molecule has 9 heteroatoms. The highest BCUT2D eigenvalue weighted by molar-refractivity contribution is 7.89. The molecule has 4 rings (SSSR count). The molecule has 180 valence electrons. The summed E-state index contributed by atoms with van der Waals surface area (Å²) >= 11 is 0. The fourth-order valence-corrected chi connectivity index (χ4v) is 5.80. The first kappa shape index (κ1) is 24.4. The Morgan fingerprint density at radius 3 is 2.54 bits per heavy atom. The SMILES string of the molecule is Cc1ccc(/C=C/c2onc(C)c2S(=O)(=O)N2CCC[C@@H](C(=O)Nc3ccc(C#N)cc3)C2)cc1. The third-order valence-electron chi connectivity index (χ3n) is 5.97. The monoisotopic (exact) mass is 490 g/mol. The molecule has 1 saturated heterocycles. The highest BCUT2D eigenvalue weighted by atomic mass is 32.2. The number of aromatic nitrogens is 1. The van der Waals surface area contributed by atoms with Gasteiger partial charge in [0.2, 0.25) is 15.9 Å². The van der Waals surface area contributed by atoms with Crippen molar-refractivity contribution in [2.24, 2.45) is 5.92 Å². The highest BCUT2D eigenvalue weighted by Gasteiger charge is 2.37. The molecule has 1 fully saturated rings. The minimum absolute atomic E-state index is 0.0222. The van der Waals surface area contributed by atoms with E-state index in [4.69, 9.17) is 9.78 Å². The van der Waals surface area contributed by atoms with Gasteiger partial charge >= 0.3 is 0 Å². The summed E-state index contributed by atoms with van der Waals surface area (Å²) in [4.78, 5) is 12.9. The maximum atomic E-state index is 13.6. The zero-order chi connectivity index (χ0) is 25.0. The topological polar surface area (TPSA) is 116 Å². The highest BCUT2D eigenvalue weighted by Crippen LogP contribution is 2.29. The Hall–Kier alpha value is -3.74. The molecule has 0 aliphatic carbocycles. The maximum absolute atomic E-state index is 13.6. The number of nitrogens with zero attached hydrogens (tertiary/aromatic N) is 3. The lowest BCUT2D eigenvalue weighted by Gasteiger charge is -2.31. The lowest BCUT2D eigenvalue weighted by molar-refractivity contribution is -0.120. The zero-order valence-electron chi connectivity index (χ0n) is 19.6. The summed E-state index contributed by atoms with van der Waals surface area (Å²) in [6.45, 7) is 3.97. The van der Waals surface area contributed by atoms with E-state index < -0.39 is 15.9 Å². The van der Waals surface area contributed by atoms with Crippen molar-refractivity contribution in [1.82, 2.24) is 9.46 Å². The zero-order valence-corrected chi connectivity index (χ0v) is 20.4. The van der Waals surface area contributed by atoms with Crippen molar-refractivity contribution in [3.63, 3.8) is 0 Å². The third kappa shape index (κ3) is 5.50. The van der Waals surface area contributed by atoms with E-state index >= 15 is 0 Å². The van der Waals surface area contributed by atoms with Crippen LogP contribution in [-0.2, 0) is 14.8 Å². The van der Waals surface area contributed by atoms with Crippen LogP contribution < -0.4 is 5.32 Å². The molecule has 1 aromatic heterocycles. The van der Waals surface area contributed by atoms with Crippen molar-refractivity contribution in [3.8, 4) is 6.07 Å². The number of hydrogen-bond acceptors (Lipinski definition) is 6. The fraction of sp³-hybridized carbons (Fsp3) is 0.269. The molecule has 0 saturated carbocycles. The largest absolute Gasteiger partial charge is 0.355 e. The minimum Gasteiger partial charge on any atom is -0.355 e. The quantitative estimate of drug-likeness (QED) is 0.548. The van der Waals surface area contributed by atoms with Gasteiger partial charge in [-0.25, -0.2) is 8.42 Å². The maximum Gasteiger partial charge on any atom is 0.248 e. The fourth-order valence-electron chi connectivity index (χ4n) is 4.02. The Morgan fingerprint density at radius 2 is 1.86 bits per heavy atom. The average Bonchev–Trinajstić information content (AvgIpc) is 3.25. The normalized spacial score (nSPS) is 16.8. The smallest absolute Gasteiger partial charge is 0.248 e. The molecule has 1 aliphatic rings. The molecule has 0 bridgehead atoms. The van der Waals surface area contributed by atoms with E-state index in [9.17, 15) is 13.2 Å². The first-order valence-electron chi connectivity index (χ1n) is 11.3. The van der Waals surface area contributed by atoms with E-state index in [1.165, 1.54) is 4.31 Å². The van der Waals surface area contributed by atoms with Crippen LogP contribution in [0.2, 0.25) is 0 Å². The van der Waals surface area contributed by atoms with Gasteiger partial charge in [-0.3, -0.25) is 4.79 Å². The van der Waals surface area contributed by atoms with E-state index in [1.54, 1.807) is 43.3 Å². The van der Waals surface area contributed by atoms with Crippen LogP contribution in [0.25, 0.3) is 12.2 Å². The minimum atomic E-state index is -3.93. The van der Waals surface area contributed by atoms with Gasteiger partial charge in [-0.05, 0) is 62.6 Å². The van der Waals surface area contributed by atoms with Crippen LogP contribution in [-0.4, -0.2) is 36.9 Å². The average molecular weight is 491 g/mol. The number of nitriles is 1. The molecule has 1 amide bonds. The van der Waals surface area contributed by atoms with Crippen molar-refractivity contribution < 1.29 is 17.7 Å². The van der Waals surface area contributed by atoms with Gasteiger partial charge in [0.1, 0.15) is 5.69 Å². The summed E-state index contributed by atoms with van der Waals surface area (Å²) in [6, 6.07) is 16.4. The number of aryl methyl sites for hydroxylation is 2. The molecule has 1 N–H and O–H groups in total. The lowest BCUT2D eigenvalue weighted by atomic mass is 9.98. The van der Waals surface area contributed by atoms with Crippen molar-refractivity contribution in [1.29, 1.82) is 5.26 Å². The first-order chi connectivity index (χ1) is 16.8. The van der Waals surface area contributed by atoms with E-state index in [1.807, 2.05) is 37.3 Å². The van der Waals surface area contributed by atoms with E-state index in [0.29, 0.717) is 30.6 Å². The van der Waals surface area contributed by atoms with Crippen molar-refractivity contribution in [3.05, 3.63) is 76.7 Å². The number of piperidine rings is 1. The van der Waals surface area contributed by atoms with Crippen LogP contribution in [0.5, 0.6) is 0 Å². The van der Waals surface area contributed by atoms with Crippen LogP contribution in [0.4, 0.5) is 5.69 Å². The molecule has 1 atom stereocenters. The molecule has 3 aromatic rings. The molecular formula is C26H26N4O4S. The molecule has 35 heavy (non-hydrogen) atoms. The number of nitrogens with one attached hydrogen (secondary N) is 1. The predicted molar refractivity (Wildman–Crippen MR) is 133 cm³/mol. The Balaban J connectivity index is 1.51. The Bertz CT molecular complexity index is 1380. The predicted octanol–water partition coefficient (Wildman–Crippen LogP) is 4.37. The molecule has 0 radical (unpaired) electrons. The number of benzene rings is 2. The summed E-state index contributed by atoms with van der Waals surface area (Å²) in [7, 11) is -3.93. The van der Waals surface area contributed by atoms with E-state index in [-0.39, 0.29) is 28.8 Å². The van der Waals surface area contributed by atoms with Gasteiger partial charge in [-0.2, -0.15) is 9.57 Å². The number of hydrogen-bond donors (Lipinski definition) is 1. The van der Waals surface area contributed by atoms with Crippen molar-refractivity contribution in [2.45, 2.75) is 31.6 Å². The molecule has 2 heterocycles. The van der Waals surface area contributed by atoms with Gasteiger partial charge in [0, 0.05) is 18.8 Å². The summed E-state index contributed by atoms with van der Waals surface area (Å²) in [5.41, 5.74) is 3.37. The second kappa shape index (κ2) is 10.3. The van der Waals surface area contributed by atoms with E-state index in [2.05, 4.69) is 10.5 Å². The van der Waals surface area contributed by atoms with Crippen LogP contribution in [0.15, 0.2) is 57.9 Å². The number of carbonyl (C=O) groups is 1. The van der Waals surface area contributed by atoms with Crippen molar-refractivity contribution >= 4 is 33.8 Å². The number of rotatable bonds is 6. The van der Waals surface area contributed by atoms with Gasteiger partial charge in [-0.15, -0.1) is 0 Å². The summed E-state index contributed by atoms with van der Waals surface area (Å²) in [5, 5.41) is 15.6. The van der Waals surface area contributed by atoms with E-state index in [0.717, 1.165) is 11.1 Å². The lowest BCUT2D eigenvalue weighted by Crippen LogP contribution is -2.43. The standard InChI is InChI=1S/C26H26N4O4S/c1-18-5-7-20(8-6-18)11-14-24-25(19(2)29-34-24)35(32,33)30-15-3-4-22(17-30)26(31)28-23-12-9-21(16-27)10-13-23/h5-14,22H,3-4,15,17H2,1-2H3,(H,28,31)/b14-11+/t22-/m1/s1. The van der Waals surface area contributed by atoms with Gasteiger partial charge in [0.05, 0.1) is 17.6 Å². The third-order valence-corrected chi connectivity index (χ3v) is 8.00.